The van der Waals surface area contributed by atoms with E-state index >= 15 is 0 Å². The van der Waals surface area contributed by atoms with Crippen molar-refractivity contribution in [3.8, 4) is 0 Å². The number of hydrogen-bond donors (Lipinski definition) is 2. The van der Waals surface area contributed by atoms with Gasteiger partial charge >= 0.3 is 0 Å². The van der Waals surface area contributed by atoms with Crippen molar-refractivity contribution in [3.63, 3.8) is 0 Å². The van der Waals surface area contributed by atoms with Gasteiger partial charge in [-0.2, -0.15) is 0 Å². The van der Waals surface area contributed by atoms with Crippen LogP contribution in [0.4, 0.5) is 0 Å². The van der Waals surface area contributed by atoms with Gasteiger partial charge < -0.3 is 15.3 Å². The number of aliphatic hydroxyl groups excluding tert-OH is 1. The van der Waals surface area contributed by atoms with Gasteiger partial charge in [0.25, 0.3) is 0 Å². The van der Waals surface area contributed by atoms with Crippen molar-refractivity contribution in [2.75, 3.05) is 72.0 Å². The molecule has 0 aromatic carbocycles. The third kappa shape index (κ3) is 5.36. The van der Waals surface area contributed by atoms with Crippen LogP contribution in [0.1, 0.15) is 13.3 Å². The second-order valence-corrected chi connectivity index (χ2v) is 5.79. The van der Waals surface area contributed by atoms with E-state index in [1.54, 1.807) is 0 Å². The summed E-state index contributed by atoms with van der Waals surface area (Å²) in [6, 6.07) is 0. The van der Waals surface area contributed by atoms with Crippen molar-refractivity contribution in [2.24, 2.45) is 0 Å². The molecule has 1 atom stereocenters. The van der Waals surface area contributed by atoms with E-state index in [1.165, 1.54) is 6.42 Å². The van der Waals surface area contributed by atoms with Crippen molar-refractivity contribution >= 4 is 0 Å². The van der Waals surface area contributed by atoms with E-state index in [0.29, 0.717) is 0 Å². The number of piperazine rings is 1. The minimum absolute atomic E-state index is 0.203. The highest BCUT2D eigenvalue weighted by atomic mass is 16.3. The number of β-amino-alcohol motifs (C(OH)–C–C–N with tert-alkyl or cyclic N) is 1. The van der Waals surface area contributed by atoms with Crippen molar-refractivity contribution < 1.29 is 5.11 Å². The molecule has 0 spiro atoms. The van der Waals surface area contributed by atoms with Gasteiger partial charge in [0, 0.05) is 52.4 Å². The molecule has 5 heteroatoms. The van der Waals surface area contributed by atoms with Crippen molar-refractivity contribution in [3.05, 3.63) is 0 Å². The molecule has 2 heterocycles. The maximum absolute atomic E-state index is 10.3. The molecule has 0 unspecified atom stereocenters. The number of nitrogens with one attached hydrogen (secondary N) is 1. The Bertz CT molecular complexity index is 236. The molecule has 0 amide bonds. The number of rotatable bonds is 5. The van der Waals surface area contributed by atoms with Gasteiger partial charge in [-0.25, -0.2) is 0 Å². The Balaban J connectivity index is 1.64. The smallest absolute Gasteiger partial charge is 0.0793 e. The molecule has 2 aliphatic heterocycles. The first-order valence-electron chi connectivity index (χ1n) is 7.83. The third-order valence-corrected chi connectivity index (χ3v) is 4.28. The Labute approximate surface area is 117 Å². The summed E-state index contributed by atoms with van der Waals surface area (Å²) in [5.41, 5.74) is 0. The highest BCUT2D eigenvalue weighted by Gasteiger charge is 2.20. The minimum Gasteiger partial charge on any atom is -0.390 e. The Kier molecular flexibility index (Phi) is 6.53. The molecule has 0 bridgehead atoms. The van der Waals surface area contributed by atoms with Gasteiger partial charge in [-0.1, -0.05) is 6.92 Å². The monoisotopic (exact) mass is 270 g/mol. The zero-order valence-corrected chi connectivity index (χ0v) is 12.4. The van der Waals surface area contributed by atoms with Crippen molar-refractivity contribution in [1.82, 2.24) is 20.0 Å². The normalized spacial score (nSPS) is 26.2. The summed E-state index contributed by atoms with van der Waals surface area (Å²) in [6.07, 6.45) is 0.994. The Morgan fingerprint density at radius 1 is 0.895 bits per heavy atom. The van der Waals surface area contributed by atoms with Crippen LogP contribution in [0, 0.1) is 0 Å². The zero-order chi connectivity index (χ0) is 13.5. The molecular formula is C14H30N4O. The number of nitrogens with zero attached hydrogens (tertiary/aromatic N) is 3. The molecule has 2 rings (SSSR count). The number of likely N-dealkylation sites (N-methyl/N-ethyl adjacent to an activating group) is 1. The highest BCUT2D eigenvalue weighted by molar-refractivity contribution is 4.76. The minimum atomic E-state index is -0.203. The number of aliphatic hydroxyl groups is 1. The summed E-state index contributed by atoms with van der Waals surface area (Å²) in [4.78, 5) is 7.28. The second kappa shape index (κ2) is 8.17. The molecule has 2 aliphatic rings. The van der Waals surface area contributed by atoms with Crippen LogP contribution in [0.15, 0.2) is 0 Å². The summed E-state index contributed by atoms with van der Waals surface area (Å²) in [5, 5.41) is 13.7. The van der Waals surface area contributed by atoms with Crippen molar-refractivity contribution in [1.29, 1.82) is 0 Å². The van der Waals surface area contributed by atoms with Crippen LogP contribution in [0.2, 0.25) is 0 Å². The van der Waals surface area contributed by atoms with Crippen LogP contribution in [0.25, 0.3) is 0 Å². The largest absolute Gasteiger partial charge is 0.390 e. The summed E-state index contributed by atoms with van der Waals surface area (Å²) in [6.45, 7) is 13.9. The summed E-state index contributed by atoms with van der Waals surface area (Å²) in [7, 11) is 0. The van der Waals surface area contributed by atoms with E-state index < -0.39 is 0 Å². The van der Waals surface area contributed by atoms with Crippen LogP contribution in [-0.4, -0.2) is 97.9 Å². The molecule has 112 valence electrons. The quantitative estimate of drug-likeness (QED) is 0.690. The van der Waals surface area contributed by atoms with Gasteiger partial charge in [0.05, 0.1) is 6.10 Å². The second-order valence-electron chi connectivity index (χ2n) is 5.79. The third-order valence-electron chi connectivity index (χ3n) is 4.28. The van der Waals surface area contributed by atoms with Crippen LogP contribution < -0.4 is 5.32 Å². The standard InChI is InChI=1S/C14H30N4O/c1-2-16-8-10-18(11-9-16)13-14(19)12-17-6-3-4-15-5-7-17/h14-15,19H,2-13H2,1H3/t14-/m1/s1. The average molecular weight is 270 g/mol. The topological polar surface area (TPSA) is 42.0 Å². The molecular weight excluding hydrogens is 240 g/mol. The van der Waals surface area contributed by atoms with E-state index in [9.17, 15) is 5.11 Å². The van der Waals surface area contributed by atoms with Crippen LogP contribution in [0.5, 0.6) is 0 Å². The molecule has 19 heavy (non-hydrogen) atoms. The lowest BCUT2D eigenvalue weighted by molar-refractivity contribution is 0.0529. The first-order chi connectivity index (χ1) is 9.28. The Morgan fingerprint density at radius 2 is 1.53 bits per heavy atom. The molecule has 0 radical (unpaired) electrons. The molecule has 5 nitrogen and oxygen atoms in total. The lowest BCUT2D eigenvalue weighted by atomic mass is 10.2. The van der Waals surface area contributed by atoms with E-state index in [4.69, 9.17) is 0 Å². The van der Waals surface area contributed by atoms with E-state index in [1.807, 2.05) is 0 Å². The first-order valence-corrected chi connectivity index (χ1v) is 7.83. The predicted octanol–water partition coefficient (Wildman–Crippen LogP) is -0.720. The molecule has 2 N–H and O–H groups in total. The molecule has 0 saturated carbocycles. The maximum Gasteiger partial charge on any atom is 0.0793 e. The van der Waals surface area contributed by atoms with Crippen LogP contribution in [-0.2, 0) is 0 Å². The molecule has 0 aromatic heterocycles. The van der Waals surface area contributed by atoms with Crippen LogP contribution >= 0.6 is 0 Å². The average Bonchev–Trinajstić information content (AvgIpc) is 2.68. The van der Waals surface area contributed by atoms with Gasteiger partial charge in [0.1, 0.15) is 0 Å². The van der Waals surface area contributed by atoms with E-state index in [2.05, 4.69) is 26.9 Å². The first kappa shape index (κ1) is 15.2. The lowest BCUT2D eigenvalue weighted by Crippen LogP contribution is -2.50. The molecule has 2 saturated heterocycles. The van der Waals surface area contributed by atoms with Gasteiger partial charge in [-0.15, -0.1) is 0 Å². The van der Waals surface area contributed by atoms with E-state index in [0.717, 1.165) is 72.0 Å². The van der Waals surface area contributed by atoms with Gasteiger partial charge in [-0.3, -0.25) is 9.80 Å². The molecule has 0 aromatic rings. The summed E-state index contributed by atoms with van der Waals surface area (Å²) in [5.74, 6) is 0. The maximum atomic E-state index is 10.3. The van der Waals surface area contributed by atoms with Gasteiger partial charge in [0.15, 0.2) is 0 Å². The van der Waals surface area contributed by atoms with Gasteiger partial charge in [-0.05, 0) is 26.1 Å². The SMILES string of the molecule is CCN1CCN(C[C@H](O)CN2CCCNCC2)CC1. The number of hydrogen-bond acceptors (Lipinski definition) is 5. The highest BCUT2D eigenvalue weighted by Crippen LogP contribution is 2.04. The Hall–Kier alpha value is -0.200. The predicted molar refractivity (Wildman–Crippen MR) is 78.5 cm³/mol. The summed E-state index contributed by atoms with van der Waals surface area (Å²) >= 11 is 0. The van der Waals surface area contributed by atoms with Gasteiger partial charge in [0.2, 0.25) is 0 Å². The van der Waals surface area contributed by atoms with E-state index in [-0.39, 0.29) is 6.10 Å². The summed E-state index contributed by atoms with van der Waals surface area (Å²) < 4.78 is 0. The fourth-order valence-electron chi connectivity index (χ4n) is 3.03. The molecule has 0 aliphatic carbocycles. The zero-order valence-electron chi connectivity index (χ0n) is 12.4. The lowest BCUT2D eigenvalue weighted by Gasteiger charge is -2.35. The Morgan fingerprint density at radius 3 is 2.21 bits per heavy atom. The fourth-order valence-corrected chi connectivity index (χ4v) is 3.03. The fraction of sp³-hybridized carbons (Fsp3) is 1.00. The van der Waals surface area contributed by atoms with Crippen LogP contribution in [0.3, 0.4) is 0 Å². The molecule has 2 fully saturated rings. The van der Waals surface area contributed by atoms with Crippen molar-refractivity contribution in [2.45, 2.75) is 19.4 Å².